The van der Waals surface area contributed by atoms with Crippen LogP contribution >= 0.6 is 0 Å². The SMILES string of the molecule is CC(C)c1ccc(NC(=O)CCN2C(=O)NC3(CCCC3)C2=O)cc1. The first-order valence-corrected chi connectivity index (χ1v) is 8.95. The molecule has 4 amide bonds. The number of nitrogens with zero attached hydrogens (tertiary/aromatic N) is 1. The quantitative estimate of drug-likeness (QED) is 0.807. The molecule has 1 aliphatic heterocycles. The molecular formula is C19H25N3O3. The minimum Gasteiger partial charge on any atom is -0.326 e. The Balaban J connectivity index is 1.53. The van der Waals surface area contributed by atoms with Gasteiger partial charge in [-0.3, -0.25) is 14.5 Å². The zero-order valence-corrected chi connectivity index (χ0v) is 14.8. The van der Waals surface area contributed by atoms with Crippen molar-refractivity contribution in [2.45, 2.75) is 57.4 Å². The van der Waals surface area contributed by atoms with Gasteiger partial charge in [-0.2, -0.15) is 0 Å². The standard InChI is InChI=1S/C19H25N3O3/c1-13(2)14-5-7-15(8-6-14)20-16(23)9-12-22-17(24)19(21-18(22)25)10-3-4-11-19/h5-8,13H,3-4,9-12H2,1-2H3,(H,20,23)(H,21,25). The van der Waals surface area contributed by atoms with Crippen LogP contribution in [0.5, 0.6) is 0 Å². The highest BCUT2D eigenvalue weighted by Crippen LogP contribution is 2.35. The van der Waals surface area contributed by atoms with E-state index in [1.54, 1.807) is 0 Å². The Bertz CT molecular complexity index is 676. The van der Waals surface area contributed by atoms with Crippen LogP contribution in [0, 0.1) is 0 Å². The number of anilines is 1. The molecule has 1 aliphatic carbocycles. The maximum atomic E-state index is 12.5. The summed E-state index contributed by atoms with van der Waals surface area (Å²) in [5, 5.41) is 5.64. The molecule has 0 unspecified atom stereocenters. The second-order valence-electron chi connectivity index (χ2n) is 7.25. The Morgan fingerprint density at radius 2 is 1.84 bits per heavy atom. The van der Waals surface area contributed by atoms with Gasteiger partial charge in [0.05, 0.1) is 0 Å². The van der Waals surface area contributed by atoms with Crippen LogP contribution in [0.3, 0.4) is 0 Å². The average molecular weight is 343 g/mol. The predicted octanol–water partition coefficient (Wildman–Crippen LogP) is 3.00. The summed E-state index contributed by atoms with van der Waals surface area (Å²) in [5.41, 5.74) is 1.22. The van der Waals surface area contributed by atoms with E-state index in [2.05, 4.69) is 24.5 Å². The first-order chi connectivity index (χ1) is 11.9. The Labute approximate surface area is 148 Å². The first-order valence-electron chi connectivity index (χ1n) is 8.95. The van der Waals surface area contributed by atoms with E-state index in [9.17, 15) is 14.4 Å². The maximum Gasteiger partial charge on any atom is 0.325 e. The molecule has 0 bridgehead atoms. The molecule has 134 valence electrons. The number of hydrogen-bond donors (Lipinski definition) is 2. The largest absolute Gasteiger partial charge is 0.326 e. The summed E-state index contributed by atoms with van der Waals surface area (Å²) >= 11 is 0. The fourth-order valence-electron chi connectivity index (χ4n) is 3.58. The lowest BCUT2D eigenvalue weighted by atomic mass is 9.98. The van der Waals surface area contributed by atoms with Gasteiger partial charge in [0.1, 0.15) is 5.54 Å². The summed E-state index contributed by atoms with van der Waals surface area (Å²) in [6.07, 6.45) is 3.39. The van der Waals surface area contributed by atoms with Crippen molar-refractivity contribution in [2.75, 3.05) is 11.9 Å². The number of hydrogen-bond acceptors (Lipinski definition) is 3. The molecule has 0 radical (unpaired) electrons. The van der Waals surface area contributed by atoms with Crippen LogP contribution in [0.1, 0.15) is 57.4 Å². The number of carbonyl (C=O) groups excluding carboxylic acids is 3. The average Bonchev–Trinajstić information content (AvgIpc) is 3.13. The molecule has 6 heteroatoms. The monoisotopic (exact) mass is 343 g/mol. The molecule has 6 nitrogen and oxygen atoms in total. The zero-order chi connectivity index (χ0) is 18.0. The Morgan fingerprint density at radius 1 is 1.20 bits per heavy atom. The number of urea groups is 1. The molecule has 1 aromatic carbocycles. The van der Waals surface area contributed by atoms with Crippen molar-refractivity contribution < 1.29 is 14.4 Å². The van der Waals surface area contributed by atoms with E-state index < -0.39 is 5.54 Å². The molecule has 0 aromatic heterocycles. The molecule has 1 saturated carbocycles. The molecule has 2 fully saturated rings. The van der Waals surface area contributed by atoms with E-state index in [1.165, 1.54) is 10.5 Å². The van der Waals surface area contributed by atoms with E-state index in [-0.39, 0.29) is 30.8 Å². The Hall–Kier alpha value is -2.37. The van der Waals surface area contributed by atoms with Gasteiger partial charge >= 0.3 is 6.03 Å². The molecule has 2 aliphatic rings. The van der Waals surface area contributed by atoms with E-state index in [1.807, 2.05) is 24.3 Å². The number of amides is 4. The fraction of sp³-hybridized carbons (Fsp3) is 0.526. The molecule has 2 N–H and O–H groups in total. The van der Waals surface area contributed by atoms with Gasteiger partial charge in [-0.05, 0) is 36.5 Å². The molecule has 1 spiro atoms. The lowest BCUT2D eigenvalue weighted by molar-refractivity contribution is -0.131. The lowest BCUT2D eigenvalue weighted by Gasteiger charge is -2.19. The van der Waals surface area contributed by atoms with Crippen molar-refractivity contribution in [1.29, 1.82) is 0 Å². The molecule has 1 aromatic rings. The van der Waals surface area contributed by atoms with Crippen LogP contribution in [0.25, 0.3) is 0 Å². The van der Waals surface area contributed by atoms with Gasteiger partial charge in [-0.25, -0.2) is 4.79 Å². The van der Waals surface area contributed by atoms with Crippen molar-refractivity contribution in [3.63, 3.8) is 0 Å². The topological polar surface area (TPSA) is 78.5 Å². The van der Waals surface area contributed by atoms with Gasteiger partial charge in [0.2, 0.25) is 5.91 Å². The van der Waals surface area contributed by atoms with Gasteiger partial charge in [-0.1, -0.05) is 38.8 Å². The van der Waals surface area contributed by atoms with Crippen LogP contribution in [0.15, 0.2) is 24.3 Å². The van der Waals surface area contributed by atoms with E-state index >= 15 is 0 Å². The zero-order valence-electron chi connectivity index (χ0n) is 14.8. The van der Waals surface area contributed by atoms with E-state index in [4.69, 9.17) is 0 Å². The number of carbonyl (C=O) groups is 3. The van der Waals surface area contributed by atoms with Crippen molar-refractivity contribution in [1.82, 2.24) is 10.2 Å². The van der Waals surface area contributed by atoms with Crippen molar-refractivity contribution in [3.05, 3.63) is 29.8 Å². The van der Waals surface area contributed by atoms with E-state index in [0.717, 1.165) is 18.5 Å². The first kappa shape index (κ1) is 17.5. The van der Waals surface area contributed by atoms with Crippen LogP contribution in [-0.4, -0.2) is 34.8 Å². The van der Waals surface area contributed by atoms with Crippen LogP contribution in [0.2, 0.25) is 0 Å². The van der Waals surface area contributed by atoms with Gasteiger partial charge < -0.3 is 10.6 Å². The highest BCUT2D eigenvalue weighted by molar-refractivity contribution is 6.07. The second kappa shape index (κ2) is 6.86. The normalized spacial score (nSPS) is 18.9. The second-order valence-corrected chi connectivity index (χ2v) is 7.25. The highest BCUT2D eigenvalue weighted by Gasteiger charge is 2.52. The van der Waals surface area contributed by atoms with Gasteiger partial charge in [0.15, 0.2) is 0 Å². The minimum absolute atomic E-state index is 0.0984. The van der Waals surface area contributed by atoms with Gasteiger partial charge in [0.25, 0.3) is 5.91 Å². The van der Waals surface area contributed by atoms with Crippen LogP contribution in [-0.2, 0) is 9.59 Å². The summed E-state index contributed by atoms with van der Waals surface area (Å²) in [5.74, 6) is 0.0571. The fourth-order valence-corrected chi connectivity index (χ4v) is 3.58. The summed E-state index contributed by atoms with van der Waals surface area (Å²) in [7, 11) is 0. The smallest absolute Gasteiger partial charge is 0.325 e. The summed E-state index contributed by atoms with van der Waals surface area (Å²) in [6.45, 7) is 4.34. The third-order valence-electron chi connectivity index (χ3n) is 5.13. The van der Waals surface area contributed by atoms with Gasteiger partial charge in [0, 0.05) is 18.7 Å². The third kappa shape index (κ3) is 3.52. The van der Waals surface area contributed by atoms with Crippen molar-refractivity contribution >= 4 is 23.5 Å². The lowest BCUT2D eigenvalue weighted by Crippen LogP contribution is -2.44. The van der Waals surface area contributed by atoms with E-state index in [0.29, 0.717) is 18.8 Å². The summed E-state index contributed by atoms with van der Waals surface area (Å²) in [4.78, 5) is 37.9. The minimum atomic E-state index is -0.708. The molecule has 3 rings (SSSR count). The maximum absolute atomic E-state index is 12.5. The van der Waals surface area contributed by atoms with Gasteiger partial charge in [-0.15, -0.1) is 0 Å². The Morgan fingerprint density at radius 3 is 2.44 bits per heavy atom. The number of imide groups is 1. The van der Waals surface area contributed by atoms with Crippen molar-refractivity contribution in [2.24, 2.45) is 0 Å². The number of benzene rings is 1. The third-order valence-corrected chi connectivity index (χ3v) is 5.13. The highest BCUT2D eigenvalue weighted by atomic mass is 16.2. The number of rotatable bonds is 5. The predicted molar refractivity (Wildman–Crippen MR) is 95.2 cm³/mol. The van der Waals surface area contributed by atoms with Crippen LogP contribution < -0.4 is 10.6 Å². The molecular weight excluding hydrogens is 318 g/mol. The number of nitrogens with one attached hydrogen (secondary N) is 2. The molecule has 25 heavy (non-hydrogen) atoms. The molecule has 1 saturated heterocycles. The molecule has 0 atom stereocenters. The van der Waals surface area contributed by atoms with Crippen molar-refractivity contribution in [3.8, 4) is 0 Å². The Kier molecular flexibility index (Phi) is 4.79. The van der Waals surface area contributed by atoms with Crippen LogP contribution in [0.4, 0.5) is 10.5 Å². The summed E-state index contributed by atoms with van der Waals surface area (Å²) < 4.78 is 0. The summed E-state index contributed by atoms with van der Waals surface area (Å²) in [6, 6.07) is 7.34. The molecule has 1 heterocycles.